The van der Waals surface area contributed by atoms with Crippen LogP contribution in [0.25, 0.3) is 0 Å². The fourth-order valence-corrected chi connectivity index (χ4v) is 2.71. The molecule has 1 aliphatic heterocycles. The summed E-state index contributed by atoms with van der Waals surface area (Å²) >= 11 is 0. The minimum atomic E-state index is 0. The van der Waals surface area contributed by atoms with Crippen LogP contribution in [0.1, 0.15) is 18.5 Å². The van der Waals surface area contributed by atoms with Crippen LogP contribution in [0.4, 0.5) is 0 Å². The van der Waals surface area contributed by atoms with Gasteiger partial charge in [-0.1, -0.05) is 19.1 Å². The second kappa shape index (κ2) is 10.2. The van der Waals surface area contributed by atoms with Crippen molar-refractivity contribution in [1.29, 1.82) is 0 Å². The van der Waals surface area contributed by atoms with Crippen LogP contribution in [-0.2, 0) is 0 Å². The molecule has 1 atom stereocenters. The first-order chi connectivity index (χ1) is 9.28. The molecule has 4 nitrogen and oxygen atoms in total. The number of benzene rings is 1. The Morgan fingerprint density at radius 3 is 2.10 bits per heavy atom. The summed E-state index contributed by atoms with van der Waals surface area (Å²) in [5.74, 6) is 0.898. The van der Waals surface area contributed by atoms with Crippen molar-refractivity contribution in [2.75, 3.05) is 46.4 Å². The molecule has 1 aliphatic rings. The average Bonchev–Trinajstić information content (AvgIpc) is 2.49. The summed E-state index contributed by atoms with van der Waals surface area (Å²) in [7, 11) is 1.69. The summed E-state index contributed by atoms with van der Waals surface area (Å²) in [6.07, 6.45) is 0. The highest BCUT2D eigenvalue weighted by molar-refractivity contribution is 5.85. The number of nitrogens with zero attached hydrogens (tertiary/aromatic N) is 2. The monoisotopic (exact) mass is 335 g/mol. The number of halogens is 2. The quantitative estimate of drug-likeness (QED) is 0.895. The second-order valence-corrected chi connectivity index (χ2v) is 4.99. The smallest absolute Gasteiger partial charge is 0.118 e. The minimum absolute atomic E-state index is 0. The highest BCUT2D eigenvalue weighted by Crippen LogP contribution is 2.23. The zero-order valence-corrected chi connectivity index (χ0v) is 14.5. The third kappa shape index (κ3) is 5.31. The second-order valence-electron chi connectivity index (χ2n) is 4.99. The minimum Gasteiger partial charge on any atom is -0.497 e. The largest absolute Gasteiger partial charge is 0.497 e. The maximum atomic E-state index is 5.99. The van der Waals surface area contributed by atoms with Crippen LogP contribution >= 0.6 is 24.8 Å². The third-order valence-corrected chi connectivity index (χ3v) is 4.02. The molecule has 6 heteroatoms. The van der Waals surface area contributed by atoms with E-state index in [1.54, 1.807) is 7.11 Å². The summed E-state index contributed by atoms with van der Waals surface area (Å²) in [4.78, 5) is 4.98. The summed E-state index contributed by atoms with van der Waals surface area (Å²) in [5, 5.41) is 0. The van der Waals surface area contributed by atoms with E-state index >= 15 is 0 Å². The Bertz CT molecular complexity index is 381. The lowest BCUT2D eigenvalue weighted by Crippen LogP contribution is -2.48. The summed E-state index contributed by atoms with van der Waals surface area (Å²) in [6.45, 7) is 8.51. The Hall–Kier alpha value is -0.520. The molecule has 0 saturated carbocycles. The maximum absolute atomic E-state index is 5.99. The molecule has 1 saturated heterocycles. The topological polar surface area (TPSA) is 41.7 Å². The first-order valence-corrected chi connectivity index (χ1v) is 7.09. The molecule has 1 unspecified atom stereocenters. The number of nitrogens with two attached hydrogens (primary N) is 1. The lowest BCUT2D eigenvalue weighted by Gasteiger charge is -2.38. The molecule has 0 amide bonds. The van der Waals surface area contributed by atoms with Gasteiger partial charge in [-0.2, -0.15) is 0 Å². The van der Waals surface area contributed by atoms with Crippen molar-refractivity contribution in [1.82, 2.24) is 9.80 Å². The SMILES string of the molecule is CCN1CCN(C(CN)c2ccc(OC)cc2)CC1.Cl.Cl. The van der Waals surface area contributed by atoms with Crippen LogP contribution in [0.15, 0.2) is 24.3 Å². The van der Waals surface area contributed by atoms with E-state index in [1.165, 1.54) is 5.56 Å². The standard InChI is InChI=1S/C15H25N3O.2ClH/c1-3-17-8-10-18(11-9-17)15(12-16)13-4-6-14(19-2)7-5-13;;/h4-7,15H,3,8-12,16H2,1-2H3;2*1H. The average molecular weight is 336 g/mol. The number of piperazine rings is 1. The normalized spacial score (nSPS) is 17.5. The fourth-order valence-electron chi connectivity index (χ4n) is 2.71. The lowest BCUT2D eigenvalue weighted by molar-refractivity contribution is 0.102. The van der Waals surface area contributed by atoms with E-state index in [2.05, 4.69) is 28.9 Å². The molecule has 0 spiro atoms. The molecule has 2 rings (SSSR count). The molecule has 21 heavy (non-hydrogen) atoms. The van der Waals surface area contributed by atoms with Gasteiger partial charge in [0.05, 0.1) is 7.11 Å². The van der Waals surface area contributed by atoms with E-state index in [0.29, 0.717) is 12.6 Å². The number of hydrogen-bond donors (Lipinski definition) is 1. The predicted octanol–water partition coefficient (Wildman–Crippen LogP) is 2.18. The molecule has 2 N–H and O–H groups in total. The van der Waals surface area contributed by atoms with Gasteiger partial charge in [0.1, 0.15) is 5.75 Å². The molecular weight excluding hydrogens is 309 g/mol. The Kier molecular flexibility index (Phi) is 9.99. The molecule has 1 heterocycles. The van der Waals surface area contributed by atoms with E-state index in [0.717, 1.165) is 38.5 Å². The van der Waals surface area contributed by atoms with Gasteiger partial charge in [-0.3, -0.25) is 4.90 Å². The highest BCUT2D eigenvalue weighted by Gasteiger charge is 2.23. The van der Waals surface area contributed by atoms with E-state index in [1.807, 2.05) is 12.1 Å². The van der Waals surface area contributed by atoms with Gasteiger partial charge < -0.3 is 15.4 Å². The lowest BCUT2D eigenvalue weighted by atomic mass is 10.0. The van der Waals surface area contributed by atoms with Gasteiger partial charge >= 0.3 is 0 Å². The van der Waals surface area contributed by atoms with Crippen LogP contribution in [0, 0.1) is 0 Å². The van der Waals surface area contributed by atoms with Crippen LogP contribution in [0.3, 0.4) is 0 Å². The van der Waals surface area contributed by atoms with E-state index in [-0.39, 0.29) is 24.8 Å². The van der Waals surface area contributed by atoms with Crippen molar-refractivity contribution in [3.63, 3.8) is 0 Å². The third-order valence-electron chi connectivity index (χ3n) is 4.02. The van der Waals surface area contributed by atoms with Gasteiger partial charge in [-0.05, 0) is 24.2 Å². The van der Waals surface area contributed by atoms with Crippen molar-refractivity contribution in [3.8, 4) is 5.75 Å². The van der Waals surface area contributed by atoms with Crippen LogP contribution < -0.4 is 10.5 Å². The Labute approximate surface area is 140 Å². The van der Waals surface area contributed by atoms with Crippen molar-refractivity contribution in [3.05, 3.63) is 29.8 Å². The number of likely N-dealkylation sites (N-methyl/N-ethyl adjacent to an activating group) is 1. The summed E-state index contributed by atoms with van der Waals surface area (Å²) < 4.78 is 5.21. The van der Waals surface area contributed by atoms with E-state index < -0.39 is 0 Å². The van der Waals surface area contributed by atoms with Crippen molar-refractivity contribution < 1.29 is 4.74 Å². The first-order valence-electron chi connectivity index (χ1n) is 7.09. The van der Waals surface area contributed by atoms with Crippen molar-refractivity contribution in [2.24, 2.45) is 5.73 Å². The molecule has 0 bridgehead atoms. The summed E-state index contributed by atoms with van der Waals surface area (Å²) in [5.41, 5.74) is 7.27. The van der Waals surface area contributed by atoms with Gasteiger partial charge in [0.25, 0.3) is 0 Å². The molecule has 122 valence electrons. The van der Waals surface area contributed by atoms with Gasteiger partial charge in [0, 0.05) is 38.8 Å². The van der Waals surface area contributed by atoms with Crippen LogP contribution in [0.2, 0.25) is 0 Å². The first kappa shape index (κ1) is 20.5. The Morgan fingerprint density at radius 1 is 1.10 bits per heavy atom. The zero-order chi connectivity index (χ0) is 13.7. The molecule has 1 aromatic carbocycles. The van der Waals surface area contributed by atoms with Crippen LogP contribution in [-0.4, -0.2) is 56.2 Å². The Morgan fingerprint density at radius 2 is 1.67 bits per heavy atom. The van der Waals surface area contributed by atoms with E-state index in [9.17, 15) is 0 Å². The van der Waals surface area contributed by atoms with Gasteiger partial charge in [-0.15, -0.1) is 24.8 Å². The number of rotatable bonds is 5. The van der Waals surface area contributed by atoms with Gasteiger partial charge in [0.15, 0.2) is 0 Å². The number of ether oxygens (including phenoxy) is 1. The van der Waals surface area contributed by atoms with Crippen molar-refractivity contribution in [2.45, 2.75) is 13.0 Å². The van der Waals surface area contributed by atoms with Gasteiger partial charge in [0.2, 0.25) is 0 Å². The number of hydrogen-bond acceptors (Lipinski definition) is 4. The molecule has 0 radical (unpaired) electrons. The zero-order valence-electron chi connectivity index (χ0n) is 12.8. The van der Waals surface area contributed by atoms with Crippen molar-refractivity contribution >= 4 is 24.8 Å². The molecule has 1 fully saturated rings. The van der Waals surface area contributed by atoms with Crippen LogP contribution in [0.5, 0.6) is 5.75 Å². The molecular formula is C15H27Cl2N3O. The molecule has 1 aromatic rings. The maximum Gasteiger partial charge on any atom is 0.118 e. The van der Waals surface area contributed by atoms with E-state index in [4.69, 9.17) is 10.5 Å². The molecule has 0 aliphatic carbocycles. The fraction of sp³-hybridized carbons (Fsp3) is 0.600. The summed E-state index contributed by atoms with van der Waals surface area (Å²) in [6, 6.07) is 8.61. The Balaban J connectivity index is 0.00000200. The number of methoxy groups -OCH3 is 1. The van der Waals surface area contributed by atoms with Gasteiger partial charge in [-0.25, -0.2) is 0 Å². The highest BCUT2D eigenvalue weighted by atomic mass is 35.5. The predicted molar refractivity (Wildman–Crippen MR) is 93.0 cm³/mol. The molecule has 0 aromatic heterocycles.